The minimum absolute atomic E-state index is 0.858. The van der Waals surface area contributed by atoms with Crippen molar-refractivity contribution in [3.63, 3.8) is 0 Å². The van der Waals surface area contributed by atoms with Gasteiger partial charge in [-0.15, -0.1) is 0 Å². The van der Waals surface area contributed by atoms with E-state index in [1.165, 1.54) is 11.1 Å². The highest BCUT2D eigenvalue weighted by molar-refractivity contribution is 7.07. The number of fused-ring (bicyclic) bond motifs is 1. The molecule has 0 spiro atoms. The molecule has 0 radical (unpaired) electrons. The summed E-state index contributed by atoms with van der Waals surface area (Å²) in [7, 11) is 0. The lowest BCUT2D eigenvalue weighted by atomic mass is 10.2. The second-order valence-electron chi connectivity index (χ2n) is 4.17. The number of rotatable bonds is 3. The molecule has 2 N–H and O–H groups in total. The third-order valence-electron chi connectivity index (χ3n) is 3.07. The number of aromatic nitrogens is 1. The summed E-state index contributed by atoms with van der Waals surface area (Å²) < 4.78 is 2.27. The minimum Gasteiger partial charge on any atom is -0.398 e. The number of benzene rings is 1. The van der Waals surface area contributed by atoms with Crippen LogP contribution in [0, 0.1) is 0 Å². The third-order valence-corrected chi connectivity index (χ3v) is 3.80. The largest absolute Gasteiger partial charge is 0.398 e. The van der Waals surface area contributed by atoms with E-state index in [0.29, 0.717) is 0 Å². The van der Waals surface area contributed by atoms with Crippen LogP contribution in [-0.4, -0.2) is 4.57 Å². The normalized spacial score (nSPS) is 11.1. The molecule has 86 valence electrons. The number of hydrogen-bond donors (Lipinski definition) is 1. The highest BCUT2D eigenvalue weighted by atomic mass is 32.1. The van der Waals surface area contributed by atoms with Crippen LogP contribution in [0.4, 0.5) is 5.69 Å². The van der Waals surface area contributed by atoms with Crippen LogP contribution in [0.15, 0.2) is 47.3 Å². The number of anilines is 1. The molecule has 0 atom stereocenters. The van der Waals surface area contributed by atoms with Crippen molar-refractivity contribution in [3.05, 3.63) is 52.9 Å². The summed E-state index contributed by atoms with van der Waals surface area (Å²) in [6.07, 6.45) is 3.19. The van der Waals surface area contributed by atoms with Gasteiger partial charge in [-0.05, 0) is 47.0 Å². The van der Waals surface area contributed by atoms with E-state index in [1.54, 1.807) is 11.3 Å². The maximum atomic E-state index is 5.95. The summed E-state index contributed by atoms with van der Waals surface area (Å²) in [4.78, 5) is 0. The summed E-state index contributed by atoms with van der Waals surface area (Å²) in [5, 5.41) is 5.49. The van der Waals surface area contributed by atoms with E-state index in [2.05, 4.69) is 39.7 Å². The molecule has 0 aliphatic heterocycles. The number of thiophene rings is 1. The van der Waals surface area contributed by atoms with Gasteiger partial charge in [0.05, 0.1) is 5.52 Å². The maximum absolute atomic E-state index is 5.95. The monoisotopic (exact) mass is 242 g/mol. The van der Waals surface area contributed by atoms with Crippen molar-refractivity contribution in [1.29, 1.82) is 0 Å². The number of nitrogens with zero attached hydrogens (tertiary/aromatic N) is 1. The second kappa shape index (κ2) is 4.26. The zero-order valence-corrected chi connectivity index (χ0v) is 10.3. The van der Waals surface area contributed by atoms with Crippen LogP contribution < -0.4 is 5.73 Å². The van der Waals surface area contributed by atoms with Crippen LogP contribution >= 0.6 is 11.3 Å². The molecule has 1 aromatic carbocycles. The first-order valence-corrected chi connectivity index (χ1v) is 6.63. The van der Waals surface area contributed by atoms with E-state index in [4.69, 9.17) is 5.73 Å². The van der Waals surface area contributed by atoms with Gasteiger partial charge in [-0.3, -0.25) is 0 Å². The zero-order valence-electron chi connectivity index (χ0n) is 9.47. The second-order valence-corrected chi connectivity index (χ2v) is 4.95. The summed E-state index contributed by atoms with van der Waals surface area (Å²) >= 11 is 1.75. The van der Waals surface area contributed by atoms with Gasteiger partial charge in [-0.1, -0.05) is 6.07 Å². The van der Waals surface area contributed by atoms with Gasteiger partial charge >= 0.3 is 0 Å². The highest BCUT2D eigenvalue weighted by Gasteiger charge is 2.03. The highest BCUT2D eigenvalue weighted by Crippen LogP contribution is 2.22. The molecule has 0 aliphatic rings. The van der Waals surface area contributed by atoms with Crippen molar-refractivity contribution in [2.45, 2.75) is 13.0 Å². The Bertz CT molecular complexity index is 623. The van der Waals surface area contributed by atoms with Crippen LogP contribution in [0.1, 0.15) is 5.56 Å². The van der Waals surface area contributed by atoms with E-state index in [-0.39, 0.29) is 0 Å². The van der Waals surface area contributed by atoms with Gasteiger partial charge in [0.15, 0.2) is 0 Å². The van der Waals surface area contributed by atoms with Crippen molar-refractivity contribution in [3.8, 4) is 0 Å². The molecule has 3 heteroatoms. The Morgan fingerprint density at radius 2 is 2.12 bits per heavy atom. The molecular formula is C14H14N2S. The van der Waals surface area contributed by atoms with Crippen LogP contribution in [0.25, 0.3) is 10.9 Å². The molecule has 3 rings (SSSR count). The first kappa shape index (κ1) is 10.4. The fourth-order valence-corrected chi connectivity index (χ4v) is 2.83. The number of nitrogens with two attached hydrogens (primary N) is 1. The van der Waals surface area contributed by atoms with Gasteiger partial charge in [0.2, 0.25) is 0 Å². The molecule has 0 bridgehead atoms. The van der Waals surface area contributed by atoms with Gasteiger partial charge in [0, 0.05) is 23.8 Å². The molecule has 3 aromatic rings. The topological polar surface area (TPSA) is 30.9 Å². The molecule has 2 nitrogen and oxygen atoms in total. The molecule has 2 heterocycles. The van der Waals surface area contributed by atoms with Crippen molar-refractivity contribution < 1.29 is 0 Å². The Hall–Kier alpha value is -1.74. The quantitative estimate of drug-likeness (QED) is 0.700. The van der Waals surface area contributed by atoms with Crippen molar-refractivity contribution >= 4 is 27.9 Å². The van der Waals surface area contributed by atoms with Crippen LogP contribution in [0.2, 0.25) is 0 Å². The van der Waals surface area contributed by atoms with Crippen LogP contribution in [-0.2, 0) is 13.0 Å². The molecule has 0 amide bonds. The Kier molecular flexibility index (Phi) is 2.61. The summed E-state index contributed by atoms with van der Waals surface area (Å²) in [6, 6.07) is 10.4. The van der Waals surface area contributed by atoms with Gasteiger partial charge in [0.1, 0.15) is 0 Å². The SMILES string of the molecule is Nc1cccc2c1ccn2CCc1ccsc1. The molecular weight excluding hydrogens is 228 g/mol. The molecule has 0 fully saturated rings. The smallest absolute Gasteiger partial charge is 0.0501 e. The molecule has 2 aromatic heterocycles. The summed E-state index contributed by atoms with van der Waals surface area (Å²) in [5.74, 6) is 0. The lowest BCUT2D eigenvalue weighted by Crippen LogP contribution is -1.99. The predicted molar refractivity (Wildman–Crippen MR) is 74.4 cm³/mol. The van der Waals surface area contributed by atoms with Crippen LogP contribution in [0.5, 0.6) is 0 Å². The standard InChI is InChI=1S/C14H14N2S/c15-13-2-1-3-14-12(13)5-8-16(14)7-4-11-6-9-17-10-11/h1-3,5-6,8-10H,4,7,15H2. The van der Waals surface area contributed by atoms with E-state index in [1.807, 2.05) is 12.1 Å². The molecule has 0 unspecified atom stereocenters. The Morgan fingerprint density at radius 3 is 2.94 bits per heavy atom. The Balaban J connectivity index is 1.88. The molecule has 0 saturated carbocycles. The van der Waals surface area contributed by atoms with E-state index < -0.39 is 0 Å². The summed E-state index contributed by atoms with van der Waals surface area (Å²) in [5.41, 5.74) is 9.43. The minimum atomic E-state index is 0.858. The zero-order chi connectivity index (χ0) is 11.7. The third kappa shape index (κ3) is 1.94. The molecule has 0 saturated heterocycles. The molecule has 17 heavy (non-hydrogen) atoms. The van der Waals surface area contributed by atoms with Gasteiger partial charge < -0.3 is 10.3 Å². The van der Waals surface area contributed by atoms with Gasteiger partial charge in [-0.25, -0.2) is 0 Å². The lowest BCUT2D eigenvalue weighted by molar-refractivity contribution is 0.724. The van der Waals surface area contributed by atoms with E-state index in [9.17, 15) is 0 Å². The van der Waals surface area contributed by atoms with Gasteiger partial charge in [0.25, 0.3) is 0 Å². The van der Waals surface area contributed by atoms with E-state index >= 15 is 0 Å². The van der Waals surface area contributed by atoms with Crippen molar-refractivity contribution in [2.75, 3.05) is 5.73 Å². The fourth-order valence-electron chi connectivity index (χ4n) is 2.13. The summed E-state index contributed by atoms with van der Waals surface area (Å²) in [6.45, 7) is 1.00. The maximum Gasteiger partial charge on any atom is 0.0501 e. The number of aryl methyl sites for hydroxylation is 2. The Morgan fingerprint density at radius 1 is 1.18 bits per heavy atom. The number of hydrogen-bond acceptors (Lipinski definition) is 2. The van der Waals surface area contributed by atoms with E-state index in [0.717, 1.165) is 24.0 Å². The first-order valence-electron chi connectivity index (χ1n) is 5.69. The van der Waals surface area contributed by atoms with Crippen molar-refractivity contribution in [2.24, 2.45) is 0 Å². The number of nitrogen functional groups attached to an aromatic ring is 1. The predicted octanol–water partition coefficient (Wildman–Crippen LogP) is 3.53. The molecule has 0 aliphatic carbocycles. The van der Waals surface area contributed by atoms with Crippen LogP contribution in [0.3, 0.4) is 0 Å². The lowest BCUT2D eigenvalue weighted by Gasteiger charge is -2.05. The van der Waals surface area contributed by atoms with Crippen molar-refractivity contribution in [1.82, 2.24) is 4.57 Å². The first-order chi connectivity index (χ1) is 8.34. The average molecular weight is 242 g/mol. The fraction of sp³-hybridized carbons (Fsp3) is 0.143. The Labute approximate surface area is 104 Å². The average Bonchev–Trinajstić information content (AvgIpc) is 2.95. The van der Waals surface area contributed by atoms with Gasteiger partial charge in [-0.2, -0.15) is 11.3 Å².